The number of hydrogen-bond donors (Lipinski definition) is 1. The summed E-state index contributed by atoms with van der Waals surface area (Å²) in [7, 11) is -2.76. The molecule has 7 nitrogen and oxygen atoms in total. The summed E-state index contributed by atoms with van der Waals surface area (Å²) >= 11 is 0. The van der Waals surface area contributed by atoms with E-state index in [0.717, 1.165) is 0 Å². The van der Waals surface area contributed by atoms with E-state index in [1.54, 1.807) is 12.1 Å². The topological polar surface area (TPSA) is 113 Å². The van der Waals surface area contributed by atoms with E-state index >= 15 is 0 Å². The van der Waals surface area contributed by atoms with Crippen LogP contribution in [0.2, 0.25) is 0 Å². The monoisotopic (exact) mass is 358 g/mol. The highest BCUT2D eigenvalue weighted by Gasteiger charge is 2.19. The molecule has 0 fully saturated rings. The average molecular weight is 358 g/mol. The number of nitriles is 1. The number of methoxy groups -OCH3 is 1. The third-order valence-corrected chi connectivity index (χ3v) is 4.49. The van der Waals surface area contributed by atoms with Gasteiger partial charge in [-0.05, 0) is 35.9 Å². The molecule has 1 N–H and O–H groups in total. The molecule has 0 aromatic heterocycles. The van der Waals surface area contributed by atoms with Crippen LogP contribution in [0.5, 0.6) is 0 Å². The smallest absolute Gasteiger partial charge is 0.337 e. The number of nitrogens with one attached hydrogen (secondary N) is 1. The van der Waals surface area contributed by atoms with Gasteiger partial charge in [-0.1, -0.05) is 18.2 Å². The maximum atomic E-state index is 12.2. The highest BCUT2D eigenvalue weighted by atomic mass is 32.2. The number of amides is 1. The highest BCUT2D eigenvalue weighted by Crippen LogP contribution is 2.12. The van der Waals surface area contributed by atoms with E-state index in [9.17, 15) is 18.0 Å². The summed E-state index contributed by atoms with van der Waals surface area (Å²) in [5.41, 5.74) is 0.837. The van der Waals surface area contributed by atoms with Crippen molar-refractivity contribution < 1.29 is 22.7 Å². The zero-order chi connectivity index (χ0) is 18.4. The van der Waals surface area contributed by atoms with Crippen molar-refractivity contribution in [3.05, 3.63) is 70.8 Å². The Hall–Kier alpha value is -3.18. The van der Waals surface area contributed by atoms with Crippen molar-refractivity contribution in [3.8, 4) is 6.07 Å². The zero-order valence-electron chi connectivity index (χ0n) is 13.2. The zero-order valence-corrected chi connectivity index (χ0v) is 14.0. The molecule has 0 atom stereocenters. The minimum Gasteiger partial charge on any atom is -0.465 e. The van der Waals surface area contributed by atoms with Gasteiger partial charge in [0.25, 0.3) is 5.91 Å². The van der Waals surface area contributed by atoms with E-state index in [1.807, 2.05) is 10.8 Å². The van der Waals surface area contributed by atoms with Crippen LogP contribution in [0.3, 0.4) is 0 Å². The fourth-order valence-corrected chi connectivity index (χ4v) is 3.21. The molecular weight excluding hydrogens is 344 g/mol. The first-order chi connectivity index (χ1) is 11.9. The molecule has 2 aromatic carbocycles. The number of nitrogens with zero attached hydrogens (tertiary/aromatic N) is 1. The van der Waals surface area contributed by atoms with Crippen molar-refractivity contribution in [1.29, 1.82) is 5.26 Å². The summed E-state index contributed by atoms with van der Waals surface area (Å²) < 4.78 is 30.8. The van der Waals surface area contributed by atoms with Crippen molar-refractivity contribution >= 4 is 21.9 Å². The van der Waals surface area contributed by atoms with Crippen LogP contribution < -0.4 is 4.72 Å². The summed E-state index contributed by atoms with van der Waals surface area (Å²) in [5.74, 6) is -1.89. The quantitative estimate of drug-likeness (QED) is 0.812. The van der Waals surface area contributed by atoms with Gasteiger partial charge in [0.2, 0.25) is 10.0 Å². The Bertz CT molecular complexity index is 944. The Morgan fingerprint density at radius 3 is 2.28 bits per heavy atom. The van der Waals surface area contributed by atoms with Crippen LogP contribution in [0.15, 0.2) is 48.5 Å². The second kappa shape index (κ2) is 7.59. The van der Waals surface area contributed by atoms with E-state index in [0.29, 0.717) is 5.56 Å². The van der Waals surface area contributed by atoms with Crippen molar-refractivity contribution in [3.63, 3.8) is 0 Å². The van der Waals surface area contributed by atoms with Gasteiger partial charge in [0, 0.05) is 5.56 Å². The summed E-state index contributed by atoms with van der Waals surface area (Å²) in [6, 6.07) is 13.5. The molecule has 128 valence electrons. The summed E-state index contributed by atoms with van der Waals surface area (Å²) in [6.45, 7) is 0. The molecule has 0 radical (unpaired) electrons. The molecule has 1 amide bonds. The molecule has 0 saturated carbocycles. The summed E-state index contributed by atoms with van der Waals surface area (Å²) in [4.78, 5) is 23.4. The van der Waals surface area contributed by atoms with E-state index in [4.69, 9.17) is 5.26 Å². The molecule has 0 spiro atoms. The molecule has 0 unspecified atom stereocenters. The maximum Gasteiger partial charge on any atom is 0.337 e. The summed E-state index contributed by atoms with van der Waals surface area (Å²) in [5, 5.41) is 9.00. The van der Waals surface area contributed by atoms with Crippen molar-refractivity contribution in [2.75, 3.05) is 7.11 Å². The van der Waals surface area contributed by atoms with Gasteiger partial charge in [0.15, 0.2) is 0 Å². The largest absolute Gasteiger partial charge is 0.465 e. The molecule has 0 aliphatic carbocycles. The highest BCUT2D eigenvalue weighted by molar-refractivity contribution is 7.89. The fraction of sp³-hybridized carbons (Fsp3) is 0.118. The Morgan fingerprint density at radius 2 is 1.68 bits per heavy atom. The first kappa shape index (κ1) is 18.2. The lowest BCUT2D eigenvalue weighted by Gasteiger charge is -2.08. The lowest BCUT2D eigenvalue weighted by molar-refractivity contribution is 0.0600. The van der Waals surface area contributed by atoms with E-state index in [2.05, 4.69) is 4.74 Å². The van der Waals surface area contributed by atoms with Gasteiger partial charge in [-0.25, -0.2) is 17.9 Å². The normalized spacial score (nSPS) is 10.6. The van der Waals surface area contributed by atoms with E-state index in [-0.39, 0.29) is 16.7 Å². The number of hydrogen-bond acceptors (Lipinski definition) is 6. The van der Waals surface area contributed by atoms with Crippen LogP contribution >= 0.6 is 0 Å². The molecule has 0 heterocycles. The minimum atomic E-state index is -3.99. The third kappa shape index (κ3) is 4.65. The molecular formula is C17H14N2O5S. The Morgan fingerprint density at radius 1 is 1.08 bits per heavy atom. The molecule has 25 heavy (non-hydrogen) atoms. The fourth-order valence-electron chi connectivity index (χ4n) is 2.07. The van der Waals surface area contributed by atoms with Gasteiger partial charge in [0.05, 0.1) is 30.1 Å². The molecule has 2 rings (SSSR count). The lowest BCUT2D eigenvalue weighted by Crippen LogP contribution is -2.31. The number of carbonyl (C=O) groups is 2. The van der Waals surface area contributed by atoms with Crippen molar-refractivity contribution in [1.82, 2.24) is 4.72 Å². The molecule has 8 heteroatoms. The van der Waals surface area contributed by atoms with Crippen molar-refractivity contribution in [2.24, 2.45) is 0 Å². The van der Waals surface area contributed by atoms with Crippen LogP contribution in [-0.4, -0.2) is 27.4 Å². The third-order valence-electron chi connectivity index (χ3n) is 3.30. The predicted molar refractivity (Wildman–Crippen MR) is 89.0 cm³/mol. The van der Waals surface area contributed by atoms with Crippen LogP contribution in [0.4, 0.5) is 0 Å². The van der Waals surface area contributed by atoms with E-state index < -0.39 is 27.7 Å². The van der Waals surface area contributed by atoms with Crippen LogP contribution in [0.25, 0.3) is 0 Å². The van der Waals surface area contributed by atoms with Crippen LogP contribution in [0.1, 0.15) is 31.8 Å². The molecule has 2 aromatic rings. The van der Waals surface area contributed by atoms with Gasteiger partial charge in [-0.2, -0.15) is 5.26 Å². The second-order valence-electron chi connectivity index (χ2n) is 5.03. The Labute approximate surface area is 144 Å². The summed E-state index contributed by atoms with van der Waals surface area (Å²) in [6.07, 6.45) is 0. The number of rotatable bonds is 5. The van der Waals surface area contributed by atoms with Gasteiger partial charge in [0.1, 0.15) is 0 Å². The van der Waals surface area contributed by atoms with Crippen molar-refractivity contribution in [2.45, 2.75) is 5.75 Å². The van der Waals surface area contributed by atoms with Crippen LogP contribution in [0, 0.1) is 11.3 Å². The van der Waals surface area contributed by atoms with Gasteiger partial charge >= 0.3 is 5.97 Å². The molecule has 0 bridgehead atoms. The second-order valence-corrected chi connectivity index (χ2v) is 6.75. The number of benzene rings is 2. The minimum absolute atomic E-state index is 0.0739. The van der Waals surface area contributed by atoms with Gasteiger partial charge in [-0.3, -0.25) is 4.79 Å². The number of sulfonamides is 1. The molecule has 0 aliphatic rings. The van der Waals surface area contributed by atoms with Gasteiger partial charge < -0.3 is 4.74 Å². The molecule has 0 saturated heterocycles. The first-order valence-electron chi connectivity index (χ1n) is 7.07. The van der Waals surface area contributed by atoms with E-state index in [1.165, 1.54) is 43.5 Å². The average Bonchev–Trinajstić information content (AvgIpc) is 2.60. The lowest BCUT2D eigenvalue weighted by atomic mass is 10.1. The predicted octanol–water partition coefficient (Wildman–Crippen LogP) is 1.60. The van der Waals surface area contributed by atoms with Crippen LogP contribution in [-0.2, 0) is 20.5 Å². The molecule has 0 aliphatic heterocycles. The standard InChI is InChI=1S/C17H14N2O5S/c1-24-17(21)13-8-6-12(7-9-13)16(20)19-25(22,23)11-15-5-3-2-4-14(15)10-18/h2-9H,11H2,1H3,(H,19,20). The maximum absolute atomic E-state index is 12.2. The number of esters is 1. The Balaban J connectivity index is 2.13. The number of carbonyl (C=O) groups excluding carboxylic acids is 2. The SMILES string of the molecule is COC(=O)c1ccc(C(=O)NS(=O)(=O)Cc2ccccc2C#N)cc1. The first-order valence-corrected chi connectivity index (χ1v) is 8.72. The van der Waals surface area contributed by atoms with Gasteiger partial charge in [-0.15, -0.1) is 0 Å². The number of ether oxygens (including phenoxy) is 1. The Kier molecular flexibility index (Phi) is 5.52.